The second kappa shape index (κ2) is 8.53. The highest BCUT2D eigenvalue weighted by molar-refractivity contribution is 5.94. The topological polar surface area (TPSA) is 59.0 Å². The summed E-state index contributed by atoms with van der Waals surface area (Å²) in [7, 11) is 0. The number of benzene rings is 2. The van der Waals surface area contributed by atoms with E-state index in [0.717, 1.165) is 24.6 Å². The molecule has 4 rings (SSSR count). The lowest BCUT2D eigenvalue weighted by atomic mass is 9.86. The molecule has 0 bridgehead atoms. The fraction of sp³-hybridized carbons (Fsp3) is 0.273. The summed E-state index contributed by atoms with van der Waals surface area (Å²) in [6.07, 6.45) is 3.98. The Hall–Kier alpha value is -3.06. The van der Waals surface area contributed by atoms with Crippen LogP contribution in [0.2, 0.25) is 0 Å². The van der Waals surface area contributed by atoms with Crippen LogP contribution in [-0.2, 0) is 6.54 Å². The molecule has 2 N–H and O–H groups in total. The minimum atomic E-state index is -0.867. The van der Waals surface area contributed by atoms with Gasteiger partial charge in [0, 0.05) is 24.7 Å². The lowest BCUT2D eigenvalue weighted by Crippen LogP contribution is -2.50. The van der Waals surface area contributed by atoms with Gasteiger partial charge >= 0.3 is 0 Å². The standard InChI is InChI=1S/C22H22F2N4O/c23-19-7-6-16(10-20(19)24)18-8-9-25-12-21(18)27-22(29)17-11-26-28(14-17)13-15-4-2-1-3-5-15/h1-7,10-11,14,18,21,25H,8-9,12-13H2,(H,27,29). The Morgan fingerprint density at radius 2 is 2.00 bits per heavy atom. The number of hydrogen-bond donors (Lipinski definition) is 2. The molecule has 1 aliphatic heterocycles. The molecule has 1 amide bonds. The van der Waals surface area contributed by atoms with Crippen molar-refractivity contribution in [2.75, 3.05) is 13.1 Å². The first-order valence-corrected chi connectivity index (χ1v) is 9.63. The summed E-state index contributed by atoms with van der Waals surface area (Å²) in [4.78, 5) is 12.8. The zero-order valence-electron chi connectivity index (χ0n) is 15.8. The number of hydrogen-bond acceptors (Lipinski definition) is 3. The average Bonchev–Trinajstić information content (AvgIpc) is 3.20. The summed E-state index contributed by atoms with van der Waals surface area (Å²) in [5.41, 5.74) is 2.25. The van der Waals surface area contributed by atoms with Gasteiger partial charge in [-0.05, 0) is 36.2 Å². The van der Waals surface area contributed by atoms with Crippen molar-refractivity contribution in [1.29, 1.82) is 0 Å². The van der Waals surface area contributed by atoms with Crippen LogP contribution in [0.5, 0.6) is 0 Å². The molecular weight excluding hydrogens is 374 g/mol. The van der Waals surface area contributed by atoms with Crippen LogP contribution < -0.4 is 10.6 Å². The van der Waals surface area contributed by atoms with Gasteiger partial charge in [0.25, 0.3) is 5.91 Å². The SMILES string of the molecule is O=C(NC1CNCCC1c1ccc(F)c(F)c1)c1cnn(Cc2ccccc2)c1. The third-order valence-electron chi connectivity index (χ3n) is 5.25. The summed E-state index contributed by atoms with van der Waals surface area (Å²) in [5.74, 6) is -2.05. The predicted molar refractivity (Wildman–Crippen MR) is 106 cm³/mol. The van der Waals surface area contributed by atoms with Gasteiger partial charge in [0.2, 0.25) is 0 Å². The molecule has 2 atom stereocenters. The van der Waals surface area contributed by atoms with Crippen molar-refractivity contribution in [3.05, 3.63) is 89.2 Å². The summed E-state index contributed by atoms with van der Waals surface area (Å²) in [6.45, 7) is 1.90. The second-order valence-corrected chi connectivity index (χ2v) is 7.26. The maximum atomic E-state index is 13.7. The molecule has 3 aromatic rings. The lowest BCUT2D eigenvalue weighted by Gasteiger charge is -2.33. The lowest BCUT2D eigenvalue weighted by molar-refractivity contribution is 0.0924. The fourth-order valence-corrected chi connectivity index (χ4v) is 3.74. The molecule has 2 heterocycles. The van der Waals surface area contributed by atoms with Crippen LogP contribution in [0.4, 0.5) is 8.78 Å². The Kier molecular flexibility index (Phi) is 5.67. The van der Waals surface area contributed by atoms with Gasteiger partial charge in [0.1, 0.15) is 0 Å². The van der Waals surface area contributed by atoms with Crippen LogP contribution in [-0.4, -0.2) is 34.8 Å². The van der Waals surface area contributed by atoms with Crippen molar-refractivity contribution in [3.63, 3.8) is 0 Å². The molecule has 0 saturated carbocycles. The Bertz CT molecular complexity index is 989. The number of piperidine rings is 1. The van der Waals surface area contributed by atoms with Crippen LogP contribution in [0.25, 0.3) is 0 Å². The molecule has 1 aliphatic rings. The van der Waals surface area contributed by atoms with Crippen LogP contribution in [0.1, 0.15) is 33.8 Å². The minimum Gasteiger partial charge on any atom is -0.347 e. The van der Waals surface area contributed by atoms with Crippen LogP contribution in [0.3, 0.4) is 0 Å². The van der Waals surface area contributed by atoms with Crippen molar-refractivity contribution in [3.8, 4) is 0 Å². The van der Waals surface area contributed by atoms with E-state index in [1.807, 2.05) is 30.3 Å². The average molecular weight is 396 g/mol. The third-order valence-corrected chi connectivity index (χ3v) is 5.25. The maximum absolute atomic E-state index is 13.7. The van der Waals surface area contributed by atoms with E-state index in [-0.39, 0.29) is 17.9 Å². The highest BCUT2D eigenvalue weighted by Crippen LogP contribution is 2.27. The highest BCUT2D eigenvalue weighted by atomic mass is 19.2. The molecule has 7 heteroatoms. The number of rotatable bonds is 5. The molecule has 0 spiro atoms. The number of amides is 1. The van der Waals surface area contributed by atoms with Crippen molar-refractivity contribution >= 4 is 5.91 Å². The Balaban J connectivity index is 1.45. The van der Waals surface area contributed by atoms with Gasteiger partial charge in [0.05, 0.1) is 18.3 Å². The molecule has 1 saturated heterocycles. The molecule has 0 radical (unpaired) electrons. The molecule has 1 aromatic heterocycles. The van der Waals surface area contributed by atoms with E-state index in [9.17, 15) is 13.6 Å². The van der Waals surface area contributed by atoms with Gasteiger partial charge in [-0.2, -0.15) is 5.10 Å². The molecule has 2 unspecified atom stereocenters. The summed E-state index contributed by atoms with van der Waals surface area (Å²) in [6, 6.07) is 13.6. The van der Waals surface area contributed by atoms with E-state index < -0.39 is 11.6 Å². The minimum absolute atomic E-state index is 0.0883. The van der Waals surface area contributed by atoms with E-state index in [4.69, 9.17) is 0 Å². The van der Waals surface area contributed by atoms with E-state index in [0.29, 0.717) is 24.2 Å². The number of carbonyl (C=O) groups excluding carboxylic acids is 1. The first kappa shape index (κ1) is 19.3. The molecule has 150 valence electrons. The van der Waals surface area contributed by atoms with Crippen LogP contribution >= 0.6 is 0 Å². The first-order chi connectivity index (χ1) is 14.1. The monoisotopic (exact) mass is 396 g/mol. The fourth-order valence-electron chi connectivity index (χ4n) is 3.74. The summed E-state index contributed by atoms with van der Waals surface area (Å²) >= 11 is 0. The first-order valence-electron chi connectivity index (χ1n) is 9.63. The number of nitrogens with one attached hydrogen (secondary N) is 2. The molecule has 2 aromatic carbocycles. The molecule has 5 nitrogen and oxygen atoms in total. The maximum Gasteiger partial charge on any atom is 0.254 e. The smallest absolute Gasteiger partial charge is 0.254 e. The number of aromatic nitrogens is 2. The highest BCUT2D eigenvalue weighted by Gasteiger charge is 2.29. The van der Waals surface area contributed by atoms with Crippen molar-refractivity contribution < 1.29 is 13.6 Å². The number of halogens is 2. The second-order valence-electron chi connectivity index (χ2n) is 7.26. The van der Waals surface area contributed by atoms with E-state index in [2.05, 4.69) is 15.7 Å². The van der Waals surface area contributed by atoms with Crippen molar-refractivity contribution in [2.24, 2.45) is 0 Å². The molecule has 29 heavy (non-hydrogen) atoms. The number of nitrogens with zero attached hydrogens (tertiary/aromatic N) is 2. The van der Waals surface area contributed by atoms with Gasteiger partial charge < -0.3 is 10.6 Å². The quantitative estimate of drug-likeness (QED) is 0.697. The zero-order chi connectivity index (χ0) is 20.2. The molecular formula is C22H22F2N4O. The molecule has 1 fully saturated rings. The van der Waals surface area contributed by atoms with E-state index >= 15 is 0 Å². The third kappa shape index (κ3) is 4.51. The summed E-state index contributed by atoms with van der Waals surface area (Å²) in [5, 5.41) is 10.5. The van der Waals surface area contributed by atoms with Crippen molar-refractivity contribution in [2.45, 2.75) is 24.9 Å². The van der Waals surface area contributed by atoms with Gasteiger partial charge in [-0.3, -0.25) is 9.48 Å². The number of carbonyl (C=O) groups is 1. The van der Waals surface area contributed by atoms with Gasteiger partial charge in [-0.15, -0.1) is 0 Å². The predicted octanol–water partition coefficient (Wildman–Crippen LogP) is 3.09. The van der Waals surface area contributed by atoms with Gasteiger partial charge in [-0.1, -0.05) is 36.4 Å². The zero-order valence-corrected chi connectivity index (χ0v) is 15.8. The summed E-state index contributed by atoms with van der Waals surface area (Å²) < 4.78 is 28.7. The van der Waals surface area contributed by atoms with Crippen LogP contribution in [0.15, 0.2) is 60.9 Å². The Labute approximate surface area is 167 Å². The van der Waals surface area contributed by atoms with Gasteiger partial charge in [-0.25, -0.2) is 8.78 Å². The Morgan fingerprint density at radius 3 is 2.79 bits per heavy atom. The van der Waals surface area contributed by atoms with Crippen molar-refractivity contribution in [1.82, 2.24) is 20.4 Å². The van der Waals surface area contributed by atoms with Gasteiger partial charge in [0.15, 0.2) is 11.6 Å². The largest absolute Gasteiger partial charge is 0.347 e. The molecule has 0 aliphatic carbocycles. The van der Waals surface area contributed by atoms with E-state index in [1.165, 1.54) is 6.07 Å². The van der Waals surface area contributed by atoms with E-state index in [1.54, 1.807) is 23.1 Å². The Morgan fingerprint density at radius 1 is 1.17 bits per heavy atom. The van der Waals surface area contributed by atoms with Crippen LogP contribution in [0, 0.1) is 11.6 Å². The normalized spacial score (nSPS) is 19.1.